The standard InChI is InChI=1S/C25H29F2N5O2/c1-14-17(21(26)27)5-4-6-18(14)23(33)30-22-19-13-32(25-7-10-31(11-8-25)12-9-25)24(34)15(2)20(19)28-16(3)29-22/h4-6,13,21,23,33H,7-12H2,1-3H3,(H,28,29,30)/t23-/m1/s1. The van der Waals surface area contributed by atoms with Crippen molar-refractivity contribution in [2.45, 2.75) is 58.2 Å². The fourth-order valence-corrected chi connectivity index (χ4v) is 5.50. The van der Waals surface area contributed by atoms with Gasteiger partial charge in [0.25, 0.3) is 12.0 Å². The van der Waals surface area contributed by atoms with Crippen molar-refractivity contribution in [1.29, 1.82) is 0 Å². The fourth-order valence-electron chi connectivity index (χ4n) is 5.50. The van der Waals surface area contributed by atoms with E-state index < -0.39 is 12.7 Å². The largest absolute Gasteiger partial charge is 0.369 e. The lowest BCUT2D eigenvalue weighted by atomic mass is 9.79. The number of piperidine rings is 3. The van der Waals surface area contributed by atoms with Gasteiger partial charge >= 0.3 is 0 Å². The summed E-state index contributed by atoms with van der Waals surface area (Å²) in [7, 11) is 0. The predicted molar refractivity (Wildman–Crippen MR) is 126 cm³/mol. The molecular formula is C25H29F2N5O2. The van der Waals surface area contributed by atoms with Crippen molar-refractivity contribution in [3.8, 4) is 0 Å². The van der Waals surface area contributed by atoms with Crippen LogP contribution < -0.4 is 10.9 Å². The third kappa shape index (κ3) is 3.67. The van der Waals surface area contributed by atoms with Gasteiger partial charge in [0.1, 0.15) is 11.6 Å². The van der Waals surface area contributed by atoms with Gasteiger partial charge in [-0.3, -0.25) is 4.79 Å². The molecule has 3 aliphatic rings. The van der Waals surface area contributed by atoms with Crippen LogP contribution >= 0.6 is 0 Å². The van der Waals surface area contributed by atoms with Crippen LogP contribution in [0.4, 0.5) is 14.6 Å². The van der Waals surface area contributed by atoms with E-state index in [1.807, 2.05) is 10.8 Å². The molecule has 9 heteroatoms. The zero-order chi connectivity index (χ0) is 24.2. The molecule has 34 heavy (non-hydrogen) atoms. The molecule has 1 aromatic carbocycles. The van der Waals surface area contributed by atoms with Gasteiger partial charge in [0.15, 0.2) is 6.23 Å². The van der Waals surface area contributed by atoms with Gasteiger partial charge < -0.3 is 19.9 Å². The van der Waals surface area contributed by atoms with Crippen molar-refractivity contribution < 1.29 is 13.9 Å². The maximum absolute atomic E-state index is 13.4. The normalized spacial score (nSPS) is 23.0. The number of alkyl halides is 2. The van der Waals surface area contributed by atoms with E-state index in [0.29, 0.717) is 39.2 Å². The van der Waals surface area contributed by atoms with E-state index in [9.17, 15) is 18.7 Å². The minimum atomic E-state index is -2.63. The minimum absolute atomic E-state index is 0.0482. The maximum atomic E-state index is 13.4. The van der Waals surface area contributed by atoms with E-state index in [4.69, 9.17) is 0 Å². The van der Waals surface area contributed by atoms with E-state index >= 15 is 0 Å². The average Bonchev–Trinajstić information content (AvgIpc) is 2.82. The summed E-state index contributed by atoms with van der Waals surface area (Å²) >= 11 is 0. The number of nitrogens with zero attached hydrogens (tertiary/aromatic N) is 4. The molecule has 3 saturated heterocycles. The minimum Gasteiger partial charge on any atom is -0.369 e. The Morgan fingerprint density at radius 1 is 1.03 bits per heavy atom. The van der Waals surface area contributed by atoms with Crippen LogP contribution in [0.25, 0.3) is 10.9 Å². The molecule has 0 radical (unpaired) electrons. The van der Waals surface area contributed by atoms with Crippen molar-refractivity contribution in [3.63, 3.8) is 0 Å². The van der Waals surface area contributed by atoms with Gasteiger partial charge in [-0.05, 0) is 45.6 Å². The quantitative estimate of drug-likeness (QED) is 0.551. The highest BCUT2D eigenvalue weighted by Gasteiger charge is 2.41. The lowest BCUT2D eigenvalue weighted by molar-refractivity contribution is 0.0327. The summed E-state index contributed by atoms with van der Waals surface area (Å²) in [4.78, 5) is 24.9. The number of rotatable bonds is 5. The van der Waals surface area contributed by atoms with Crippen LogP contribution in [-0.2, 0) is 5.54 Å². The van der Waals surface area contributed by atoms with Crippen LogP contribution in [0.15, 0.2) is 29.2 Å². The lowest BCUT2D eigenvalue weighted by Crippen LogP contribution is -2.56. The van der Waals surface area contributed by atoms with Gasteiger partial charge in [-0.1, -0.05) is 18.2 Å². The topological polar surface area (TPSA) is 83.3 Å². The molecule has 180 valence electrons. The smallest absolute Gasteiger partial charge is 0.264 e. The number of nitrogens with one attached hydrogen (secondary N) is 1. The number of fused-ring (bicyclic) bond motifs is 4. The highest BCUT2D eigenvalue weighted by Crippen LogP contribution is 2.39. The molecule has 5 heterocycles. The zero-order valence-corrected chi connectivity index (χ0v) is 19.6. The molecule has 7 nitrogen and oxygen atoms in total. The van der Waals surface area contributed by atoms with Crippen LogP contribution in [0.1, 0.15) is 60.0 Å². The summed E-state index contributed by atoms with van der Waals surface area (Å²) in [6.07, 6.45) is 0.670. The van der Waals surface area contributed by atoms with Crippen molar-refractivity contribution in [2.75, 3.05) is 25.0 Å². The second kappa shape index (κ2) is 8.39. The first-order chi connectivity index (χ1) is 16.2. The Balaban J connectivity index is 1.61. The van der Waals surface area contributed by atoms with Gasteiger partial charge in [0.2, 0.25) is 0 Å². The zero-order valence-electron chi connectivity index (χ0n) is 19.6. The second-order valence-electron chi connectivity index (χ2n) is 9.54. The highest BCUT2D eigenvalue weighted by molar-refractivity contribution is 5.90. The Morgan fingerprint density at radius 2 is 1.68 bits per heavy atom. The van der Waals surface area contributed by atoms with Crippen LogP contribution in [-0.4, -0.2) is 44.2 Å². The summed E-state index contributed by atoms with van der Waals surface area (Å²) in [6.45, 7) is 7.98. The second-order valence-corrected chi connectivity index (χ2v) is 9.54. The van der Waals surface area contributed by atoms with E-state index in [1.54, 1.807) is 26.8 Å². The van der Waals surface area contributed by atoms with Crippen molar-refractivity contribution in [2.24, 2.45) is 0 Å². The Labute approximate surface area is 196 Å². The molecule has 3 aromatic rings. The first kappa shape index (κ1) is 22.9. The number of aliphatic hydroxyl groups excluding tert-OH is 1. The Kier molecular flexibility index (Phi) is 5.64. The SMILES string of the molecule is Cc1nc(N[C@H](O)c2cccc(C(F)F)c2C)c2cn(C34CCN(CC3)CC4)c(=O)c(C)c2n1. The van der Waals surface area contributed by atoms with Gasteiger partial charge in [0, 0.05) is 42.5 Å². The summed E-state index contributed by atoms with van der Waals surface area (Å²) in [5.74, 6) is 0.822. The van der Waals surface area contributed by atoms with Crippen LogP contribution in [0.2, 0.25) is 0 Å². The molecular weight excluding hydrogens is 440 g/mol. The molecule has 6 rings (SSSR count). The molecule has 2 aromatic heterocycles. The molecule has 0 saturated carbocycles. The lowest BCUT2D eigenvalue weighted by Gasteiger charge is -2.49. The monoisotopic (exact) mass is 469 g/mol. The van der Waals surface area contributed by atoms with Crippen molar-refractivity contribution >= 4 is 16.7 Å². The number of benzene rings is 1. The van der Waals surface area contributed by atoms with E-state index in [-0.39, 0.29) is 16.7 Å². The third-order valence-electron chi connectivity index (χ3n) is 7.62. The number of pyridine rings is 1. The summed E-state index contributed by atoms with van der Waals surface area (Å²) < 4.78 is 28.6. The summed E-state index contributed by atoms with van der Waals surface area (Å²) in [5, 5.41) is 14.6. The van der Waals surface area contributed by atoms with Gasteiger partial charge in [-0.2, -0.15) is 0 Å². The van der Waals surface area contributed by atoms with Crippen LogP contribution in [0.3, 0.4) is 0 Å². The first-order valence-corrected chi connectivity index (χ1v) is 11.7. The molecule has 0 unspecified atom stereocenters. The third-order valence-corrected chi connectivity index (χ3v) is 7.62. The van der Waals surface area contributed by atoms with E-state index in [1.165, 1.54) is 12.1 Å². The highest BCUT2D eigenvalue weighted by atomic mass is 19.3. The van der Waals surface area contributed by atoms with Crippen LogP contribution in [0.5, 0.6) is 0 Å². The van der Waals surface area contributed by atoms with Crippen molar-refractivity contribution in [3.05, 3.63) is 62.8 Å². The van der Waals surface area contributed by atoms with Gasteiger partial charge in [-0.25, -0.2) is 18.7 Å². The Morgan fingerprint density at radius 3 is 2.32 bits per heavy atom. The number of hydrogen-bond donors (Lipinski definition) is 2. The Bertz CT molecular complexity index is 1300. The molecule has 2 bridgehead atoms. The maximum Gasteiger partial charge on any atom is 0.264 e. The molecule has 0 spiro atoms. The number of hydrogen-bond acceptors (Lipinski definition) is 6. The van der Waals surface area contributed by atoms with Crippen molar-refractivity contribution in [1.82, 2.24) is 19.4 Å². The first-order valence-electron chi connectivity index (χ1n) is 11.7. The van der Waals surface area contributed by atoms with Gasteiger partial charge in [0.05, 0.1) is 16.4 Å². The number of aliphatic hydroxyl groups is 1. The molecule has 0 aliphatic carbocycles. The molecule has 3 fully saturated rings. The molecule has 3 aliphatic heterocycles. The molecule has 1 atom stereocenters. The number of aryl methyl sites for hydroxylation is 2. The van der Waals surface area contributed by atoms with E-state index in [2.05, 4.69) is 20.2 Å². The average molecular weight is 470 g/mol. The number of aromatic nitrogens is 3. The summed E-state index contributed by atoms with van der Waals surface area (Å²) in [6, 6.07) is 4.48. The molecule has 0 amide bonds. The Hall–Kier alpha value is -2.91. The van der Waals surface area contributed by atoms with Gasteiger partial charge in [-0.15, -0.1) is 0 Å². The van der Waals surface area contributed by atoms with Crippen LogP contribution in [0, 0.1) is 20.8 Å². The summed E-state index contributed by atoms with van der Waals surface area (Å²) in [5.41, 5.74) is 1.36. The number of anilines is 1. The fraction of sp³-hybridized carbons (Fsp3) is 0.480. The van der Waals surface area contributed by atoms with E-state index in [0.717, 1.165) is 38.9 Å². The molecule has 2 N–H and O–H groups in total. The number of halogens is 2. The predicted octanol–water partition coefficient (Wildman–Crippen LogP) is 3.95.